The molecule has 6 heteroatoms. The molecule has 2 aliphatic rings. The summed E-state index contributed by atoms with van der Waals surface area (Å²) in [6.07, 6.45) is 1.32. The molecular weight excluding hydrogens is 1080 g/mol. The fourth-order valence-corrected chi connectivity index (χ4v) is 10.3. The zero-order valence-electron chi connectivity index (χ0n) is 56.2. The van der Waals surface area contributed by atoms with Gasteiger partial charge in [0.1, 0.15) is 5.82 Å². The first kappa shape index (κ1) is 38.2. The summed E-state index contributed by atoms with van der Waals surface area (Å²) in [4.78, 5) is 8.56. The zero-order chi connectivity index (χ0) is 61.7. The van der Waals surface area contributed by atoms with Crippen LogP contribution in [0.5, 0.6) is 11.5 Å². The number of anilines is 4. The topological polar surface area (TPSA) is 33.5 Å². The van der Waals surface area contributed by atoms with Crippen molar-refractivity contribution in [3.05, 3.63) is 198 Å². The molecule has 0 N–H and O–H groups in total. The zero-order valence-corrected chi connectivity index (χ0v) is 46.5. The van der Waals surface area contributed by atoms with E-state index in [1.807, 2.05) is 113 Å². The number of hydrogen-bond acceptors (Lipinski definition) is 4. The molecule has 11 rings (SSSR count). The van der Waals surface area contributed by atoms with Crippen LogP contribution in [-0.4, -0.2) is 9.55 Å². The Hall–Kier alpha value is -6.42. The fourth-order valence-electron chi connectivity index (χ4n) is 10.3. The molecule has 1 aliphatic carbocycles. The van der Waals surface area contributed by atoms with Gasteiger partial charge in [-0.15, -0.1) is 48.1 Å². The minimum Gasteiger partial charge on any atom is -0.509 e. The van der Waals surface area contributed by atoms with Gasteiger partial charge < -0.3 is 19.1 Å². The molecular formula is C68H69N4OPt-3. The van der Waals surface area contributed by atoms with Gasteiger partial charge in [0.2, 0.25) is 0 Å². The van der Waals surface area contributed by atoms with Crippen molar-refractivity contribution in [1.29, 1.82) is 0 Å². The van der Waals surface area contributed by atoms with Crippen molar-refractivity contribution in [2.75, 3.05) is 9.80 Å². The third-order valence-corrected chi connectivity index (χ3v) is 14.2. The van der Waals surface area contributed by atoms with Crippen molar-refractivity contribution in [3.8, 4) is 39.6 Å². The van der Waals surface area contributed by atoms with E-state index in [9.17, 15) is 8.22 Å². The monoisotopic (exact) mass is 1160 g/mol. The van der Waals surface area contributed by atoms with Gasteiger partial charge in [0, 0.05) is 75.2 Å². The van der Waals surface area contributed by atoms with E-state index in [-0.39, 0.29) is 103 Å². The normalized spacial score (nSPS) is 17.6. The molecule has 74 heavy (non-hydrogen) atoms. The smallest absolute Gasteiger partial charge is 0.135 e. The van der Waals surface area contributed by atoms with Crippen molar-refractivity contribution < 1.29 is 42.3 Å². The largest absolute Gasteiger partial charge is 0.509 e. The van der Waals surface area contributed by atoms with Crippen molar-refractivity contribution in [2.45, 2.75) is 124 Å². The van der Waals surface area contributed by atoms with Crippen LogP contribution in [0.3, 0.4) is 0 Å². The molecule has 0 atom stereocenters. The molecule has 0 saturated carbocycles. The molecule has 1 aliphatic heterocycles. The van der Waals surface area contributed by atoms with E-state index < -0.39 is 46.0 Å². The standard InChI is InChI=1S/C68H69N4O.Pt/c1-44(2)37-45-33-36-69-63(38-45)72-59-24-14-13-21-53(59)54-31-29-50(42-62(54)72)73-49-20-17-19-48(41-49)70-43-71(61-26-16-15-25-60(61)70)64-51(46-27-32-56-58(39-46)68(11,12)35-34-67(56,9)10)22-18-23-55(64)52-30-28-47(65(3,4)5)40-57(52)66(6,7)8;/h13-33,36,38-40,43-44H,34-35,37H2,1-12H3;/q-3;/i13D,14D,21D,24D,27D,28D,30D,32D,37D2,39D,40D;. The van der Waals surface area contributed by atoms with Gasteiger partial charge in [-0.25, -0.2) is 4.98 Å². The first-order valence-electron chi connectivity index (χ1n) is 31.3. The van der Waals surface area contributed by atoms with Gasteiger partial charge in [0.05, 0.1) is 13.7 Å². The number of pyridine rings is 1. The van der Waals surface area contributed by atoms with E-state index in [1.165, 1.54) is 6.20 Å². The minimum atomic E-state index is -1.75. The summed E-state index contributed by atoms with van der Waals surface area (Å²) in [6, 6.07) is 31.1. The second-order valence-corrected chi connectivity index (χ2v) is 23.2. The van der Waals surface area contributed by atoms with E-state index in [1.54, 1.807) is 48.7 Å². The van der Waals surface area contributed by atoms with Crippen LogP contribution < -0.4 is 14.5 Å². The van der Waals surface area contributed by atoms with Crippen molar-refractivity contribution in [3.63, 3.8) is 0 Å². The van der Waals surface area contributed by atoms with Crippen LogP contribution in [0.2, 0.25) is 0 Å². The predicted molar refractivity (Wildman–Crippen MR) is 306 cm³/mol. The number of nitrogens with zero attached hydrogens (tertiary/aromatic N) is 4. The van der Waals surface area contributed by atoms with E-state index in [2.05, 4.69) is 44.8 Å². The van der Waals surface area contributed by atoms with Gasteiger partial charge >= 0.3 is 0 Å². The molecule has 7 aromatic carbocycles. The third kappa shape index (κ3) is 9.29. The molecule has 9 aromatic rings. The third-order valence-electron chi connectivity index (χ3n) is 14.2. The summed E-state index contributed by atoms with van der Waals surface area (Å²) in [5, 5.41) is 0.712. The second-order valence-electron chi connectivity index (χ2n) is 23.2. The summed E-state index contributed by atoms with van der Waals surface area (Å²) >= 11 is 0. The molecule has 0 fully saturated rings. The quantitative estimate of drug-likeness (QED) is 0.135. The van der Waals surface area contributed by atoms with Crippen LogP contribution in [0.15, 0.2) is 152 Å². The Labute approximate surface area is 471 Å². The molecule has 0 unspecified atom stereocenters. The molecule has 2 aromatic heterocycles. The van der Waals surface area contributed by atoms with Gasteiger partial charge in [0.25, 0.3) is 0 Å². The molecule has 0 amide bonds. The van der Waals surface area contributed by atoms with E-state index in [4.69, 9.17) is 13.0 Å². The molecule has 5 nitrogen and oxygen atoms in total. The predicted octanol–water partition coefficient (Wildman–Crippen LogP) is 18.5. The summed E-state index contributed by atoms with van der Waals surface area (Å²) in [6.45, 7) is 25.8. The summed E-state index contributed by atoms with van der Waals surface area (Å²) in [7, 11) is 0. The van der Waals surface area contributed by atoms with Gasteiger partial charge in [0.15, 0.2) is 0 Å². The molecule has 380 valence electrons. The van der Waals surface area contributed by atoms with Crippen LogP contribution >= 0.6 is 0 Å². The first-order chi connectivity index (χ1) is 39.7. The molecule has 0 spiro atoms. The Kier molecular flexibility index (Phi) is 9.83. The minimum absolute atomic E-state index is 0. The number of ether oxygens (including phenoxy) is 1. The number of para-hydroxylation sites is 4. The van der Waals surface area contributed by atoms with Gasteiger partial charge in [-0.2, -0.15) is 12.1 Å². The number of benzene rings is 7. The van der Waals surface area contributed by atoms with Crippen LogP contribution in [-0.2, 0) is 49.1 Å². The Balaban J connectivity index is 0.00000820. The average Bonchev–Trinajstić information content (AvgIpc) is 1.21. The van der Waals surface area contributed by atoms with Gasteiger partial charge in [-0.1, -0.05) is 173 Å². The Bertz CT molecular complexity index is 4270. The van der Waals surface area contributed by atoms with Crippen LogP contribution in [0.25, 0.3) is 49.9 Å². The van der Waals surface area contributed by atoms with Crippen molar-refractivity contribution in [1.82, 2.24) is 9.55 Å². The molecule has 3 heterocycles. The van der Waals surface area contributed by atoms with Crippen LogP contribution in [0.4, 0.5) is 22.7 Å². The van der Waals surface area contributed by atoms with Crippen molar-refractivity contribution >= 4 is 44.6 Å². The summed E-state index contributed by atoms with van der Waals surface area (Å²) < 4.78 is 121. The summed E-state index contributed by atoms with van der Waals surface area (Å²) in [5.41, 5.74) is 5.20. The number of hydrogen-bond donors (Lipinski definition) is 0. The number of rotatable bonds is 9. The first-order valence-corrected chi connectivity index (χ1v) is 25.3. The van der Waals surface area contributed by atoms with Crippen LogP contribution in [0, 0.1) is 24.7 Å². The molecule has 0 saturated heterocycles. The maximum atomic E-state index is 10.3. The second kappa shape index (κ2) is 19.1. The van der Waals surface area contributed by atoms with E-state index in [0.717, 1.165) is 24.1 Å². The number of fused-ring (bicyclic) bond motifs is 5. The Morgan fingerprint density at radius 3 is 2.15 bits per heavy atom. The fraction of sp³-hybridized carbons (Fsp3) is 0.294. The van der Waals surface area contributed by atoms with Crippen LogP contribution in [0.1, 0.15) is 140 Å². The maximum absolute atomic E-state index is 10.3. The molecule has 0 bridgehead atoms. The van der Waals surface area contributed by atoms with Gasteiger partial charge in [-0.05, 0) is 121 Å². The van der Waals surface area contributed by atoms with Crippen molar-refractivity contribution in [2.24, 2.45) is 5.92 Å². The summed E-state index contributed by atoms with van der Waals surface area (Å²) in [5.74, 6) is 0.356. The van der Waals surface area contributed by atoms with E-state index >= 15 is 0 Å². The molecule has 0 radical (unpaired) electrons. The van der Waals surface area contributed by atoms with Gasteiger partial charge in [-0.3, -0.25) is 0 Å². The van der Waals surface area contributed by atoms with E-state index in [0.29, 0.717) is 66.9 Å². The number of aromatic nitrogens is 2. The Morgan fingerprint density at radius 2 is 1.41 bits per heavy atom. The average molecular weight is 1170 g/mol. The Morgan fingerprint density at radius 1 is 0.703 bits per heavy atom. The maximum Gasteiger partial charge on any atom is 0.135 e. The SMILES string of the molecule is [2H]c1c([2H])c2c(c([2H])c1-c1cccc(-c3c([2H])c([2H])c(C(C)(C)C)c([2H])c3C(C)(C)C)c1N1[CH-]N(c3[c-]c(Oc4[c-]c5c(cc4)c4c([2H])c([2H])c([2H])c([2H])c4n5-c4cc(C([2H])([2H])C(C)C)ccn4)ccc3)c3ccccc31)C(C)(C)CCC2(C)C.[Pt].